The molecular formula is C14H18ClN3O2. The zero-order chi connectivity index (χ0) is 13.9. The molecule has 6 heteroatoms. The summed E-state index contributed by atoms with van der Waals surface area (Å²) in [5, 5.41) is 9.97. The SMILES string of the molecule is OCCn1c(CN2CCOCC2)nc2ccc(Cl)cc21. The molecule has 0 bridgehead atoms. The maximum absolute atomic E-state index is 9.28. The highest BCUT2D eigenvalue weighted by Crippen LogP contribution is 2.21. The van der Waals surface area contributed by atoms with Gasteiger partial charge in [0.1, 0.15) is 5.82 Å². The highest BCUT2D eigenvalue weighted by atomic mass is 35.5. The molecule has 1 saturated heterocycles. The average molecular weight is 296 g/mol. The van der Waals surface area contributed by atoms with Gasteiger partial charge in [0.2, 0.25) is 0 Å². The second-order valence-corrected chi connectivity index (χ2v) is 5.36. The normalized spacial score (nSPS) is 16.9. The second-order valence-electron chi connectivity index (χ2n) is 4.92. The third-order valence-corrected chi connectivity index (χ3v) is 3.82. The summed E-state index contributed by atoms with van der Waals surface area (Å²) < 4.78 is 7.42. The number of benzene rings is 1. The highest BCUT2D eigenvalue weighted by Gasteiger charge is 2.16. The summed E-state index contributed by atoms with van der Waals surface area (Å²) in [6.45, 7) is 4.78. The Balaban J connectivity index is 1.93. The monoisotopic (exact) mass is 295 g/mol. The van der Waals surface area contributed by atoms with Gasteiger partial charge >= 0.3 is 0 Å². The van der Waals surface area contributed by atoms with Gasteiger partial charge in [-0.25, -0.2) is 4.98 Å². The minimum absolute atomic E-state index is 0.0914. The van der Waals surface area contributed by atoms with E-state index in [4.69, 9.17) is 16.3 Å². The Bertz CT molecular complexity index is 593. The molecule has 0 atom stereocenters. The van der Waals surface area contributed by atoms with E-state index in [-0.39, 0.29) is 6.61 Å². The van der Waals surface area contributed by atoms with Gasteiger partial charge in [-0.15, -0.1) is 0 Å². The van der Waals surface area contributed by atoms with Crippen LogP contribution in [0.15, 0.2) is 18.2 Å². The van der Waals surface area contributed by atoms with E-state index in [1.807, 2.05) is 18.2 Å². The molecule has 0 spiro atoms. The molecule has 3 rings (SSSR count). The predicted octanol–water partition coefficient (Wildman–Crippen LogP) is 1.51. The molecule has 0 amide bonds. The fraction of sp³-hybridized carbons (Fsp3) is 0.500. The summed E-state index contributed by atoms with van der Waals surface area (Å²) in [7, 11) is 0. The average Bonchev–Trinajstić information content (AvgIpc) is 2.78. The van der Waals surface area contributed by atoms with Crippen LogP contribution in [-0.4, -0.2) is 52.5 Å². The standard InChI is InChI=1S/C14H18ClN3O2/c15-11-1-2-12-13(9-11)18(3-6-19)14(16-12)10-17-4-7-20-8-5-17/h1-2,9,19H,3-8,10H2. The van der Waals surface area contributed by atoms with Crippen LogP contribution in [0.2, 0.25) is 5.02 Å². The van der Waals surface area contributed by atoms with Crippen molar-refractivity contribution < 1.29 is 9.84 Å². The summed E-state index contributed by atoms with van der Waals surface area (Å²) in [4.78, 5) is 7.00. The fourth-order valence-corrected chi connectivity index (χ4v) is 2.74. The van der Waals surface area contributed by atoms with E-state index in [0.717, 1.165) is 49.7 Å². The van der Waals surface area contributed by atoms with Crippen molar-refractivity contribution in [3.8, 4) is 0 Å². The molecule has 0 unspecified atom stereocenters. The van der Waals surface area contributed by atoms with Gasteiger partial charge in [-0.1, -0.05) is 11.6 Å². The molecule has 0 aliphatic carbocycles. The lowest BCUT2D eigenvalue weighted by atomic mass is 10.3. The van der Waals surface area contributed by atoms with Crippen LogP contribution in [0.1, 0.15) is 5.82 Å². The highest BCUT2D eigenvalue weighted by molar-refractivity contribution is 6.31. The van der Waals surface area contributed by atoms with Gasteiger partial charge in [0.15, 0.2) is 0 Å². The minimum Gasteiger partial charge on any atom is -0.395 e. The largest absolute Gasteiger partial charge is 0.395 e. The van der Waals surface area contributed by atoms with E-state index in [9.17, 15) is 5.11 Å². The molecule has 1 aliphatic rings. The third kappa shape index (κ3) is 2.81. The van der Waals surface area contributed by atoms with E-state index >= 15 is 0 Å². The summed E-state index contributed by atoms with van der Waals surface area (Å²) in [5.74, 6) is 0.971. The number of morpholine rings is 1. The number of hydrogen-bond donors (Lipinski definition) is 1. The van der Waals surface area contributed by atoms with E-state index in [1.165, 1.54) is 0 Å². The Morgan fingerprint density at radius 3 is 2.85 bits per heavy atom. The molecule has 0 radical (unpaired) electrons. The zero-order valence-electron chi connectivity index (χ0n) is 11.3. The Hall–Kier alpha value is -1.14. The number of halogens is 1. The second kappa shape index (κ2) is 6.10. The van der Waals surface area contributed by atoms with E-state index in [2.05, 4.69) is 14.5 Å². The number of fused-ring (bicyclic) bond motifs is 1. The first-order valence-electron chi connectivity index (χ1n) is 6.83. The van der Waals surface area contributed by atoms with Crippen molar-refractivity contribution in [1.82, 2.24) is 14.5 Å². The number of rotatable bonds is 4. The van der Waals surface area contributed by atoms with Gasteiger partial charge in [-0.05, 0) is 18.2 Å². The summed E-state index contributed by atoms with van der Waals surface area (Å²) in [6.07, 6.45) is 0. The molecule has 5 nitrogen and oxygen atoms in total. The summed E-state index contributed by atoms with van der Waals surface area (Å²) in [6, 6.07) is 5.68. The van der Waals surface area contributed by atoms with Gasteiger partial charge in [-0.3, -0.25) is 4.90 Å². The Morgan fingerprint density at radius 2 is 2.10 bits per heavy atom. The van der Waals surface area contributed by atoms with Crippen molar-refractivity contribution in [3.63, 3.8) is 0 Å². The number of aliphatic hydroxyl groups excluding tert-OH is 1. The first-order chi connectivity index (χ1) is 9.78. The van der Waals surface area contributed by atoms with E-state index in [0.29, 0.717) is 11.6 Å². The number of hydrogen-bond acceptors (Lipinski definition) is 4. The summed E-state index contributed by atoms with van der Waals surface area (Å²) >= 11 is 6.06. The van der Waals surface area contributed by atoms with Crippen LogP contribution in [0.5, 0.6) is 0 Å². The molecule has 108 valence electrons. The van der Waals surface area contributed by atoms with Crippen molar-refractivity contribution >= 4 is 22.6 Å². The van der Waals surface area contributed by atoms with Crippen molar-refractivity contribution in [2.75, 3.05) is 32.9 Å². The van der Waals surface area contributed by atoms with Gasteiger partial charge in [0.25, 0.3) is 0 Å². The van der Waals surface area contributed by atoms with Crippen molar-refractivity contribution in [1.29, 1.82) is 0 Å². The number of ether oxygens (including phenoxy) is 1. The van der Waals surface area contributed by atoms with Crippen LogP contribution >= 0.6 is 11.6 Å². The molecule has 0 saturated carbocycles. The smallest absolute Gasteiger partial charge is 0.124 e. The van der Waals surface area contributed by atoms with Crippen molar-refractivity contribution in [2.45, 2.75) is 13.1 Å². The van der Waals surface area contributed by atoms with Crippen LogP contribution in [0, 0.1) is 0 Å². The number of aliphatic hydroxyl groups is 1. The molecule has 2 heterocycles. The van der Waals surface area contributed by atoms with Gasteiger partial charge in [0.05, 0.1) is 37.4 Å². The van der Waals surface area contributed by atoms with Gasteiger partial charge < -0.3 is 14.4 Å². The van der Waals surface area contributed by atoms with Crippen LogP contribution in [0.3, 0.4) is 0 Å². The first-order valence-corrected chi connectivity index (χ1v) is 7.21. The lowest BCUT2D eigenvalue weighted by Gasteiger charge is -2.26. The topological polar surface area (TPSA) is 50.5 Å². The number of aromatic nitrogens is 2. The van der Waals surface area contributed by atoms with Crippen molar-refractivity contribution in [2.24, 2.45) is 0 Å². The molecule has 1 aromatic heterocycles. The van der Waals surface area contributed by atoms with Crippen LogP contribution in [0.4, 0.5) is 0 Å². The summed E-state index contributed by atoms with van der Waals surface area (Å²) in [5.41, 5.74) is 1.90. The molecule has 1 N–H and O–H groups in total. The lowest BCUT2D eigenvalue weighted by Crippen LogP contribution is -2.36. The Labute approximate surface area is 122 Å². The van der Waals surface area contributed by atoms with E-state index < -0.39 is 0 Å². The van der Waals surface area contributed by atoms with Crippen LogP contribution in [-0.2, 0) is 17.8 Å². The third-order valence-electron chi connectivity index (χ3n) is 3.58. The Kier molecular flexibility index (Phi) is 4.21. The molecule has 1 fully saturated rings. The predicted molar refractivity (Wildman–Crippen MR) is 77.9 cm³/mol. The van der Waals surface area contributed by atoms with Gasteiger partial charge in [0, 0.05) is 24.7 Å². The van der Waals surface area contributed by atoms with E-state index in [1.54, 1.807) is 0 Å². The lowest BCUT2D eigenvalue weighted by molar-refractivity contribution is 0.0325. The quantitative estimate of drug-likeness (QED) is 0.929. The van der Waals surface area contributed by atoms with Crippen molar-refractivity contribution in [3.05, 3.63) is 29.0 Å². The number of nitrogens with zero attached hydrogens (tertiary/aromatic N) is 3. The molecular weight excluding hydrogens is 278 g/mol. The molecule has 2 aromatic rings. The minimum atomic E-state index is 0.0914. The maximum atomic E-state index is 9.28. The zero-order valence-corrected chi connectivity index (χ0v) is 12.0. The van der Waals surface area contributed by atoms with Gasteiger partial charge in [-0.2, -0.15) is 0 Å². The van der Waals surface area contributed by atoms with Crippen LogP contribution in [0.25, 0.3) is 11.0 Å². The number of imidazole rings is 1. The first kappa shape index (κ1) is 13.8. The van der Waals surface area contributed by atoms with Crippen LogP contribution < -0.4 is 0 Å². The fourth-order valence-electron chi connectivity index (χ4n) is 2.58. The Morgan fingerprint density at radius 1 is 1.30 bits per heavy atom. The maximum Gasteiger partial charge on any atom is 0.124 e. The molecule has 1 aromatic carbocycles. The molecule has 20 heavy (non-hydrogen) atoms. The molecule has 1 aliphatic heterocycles.